The number of ketones is 1. The Balaban J connectivity index is 2.84. The van der Waals surface area contributed by atoms with Crippen LogP contribution in [0.3, 0.4) is 0 Å². The van der Waals surface area contributed by atoms with Crippen LogP contribution in [-0.2, 0) is 26.5 Å². The first-order valence-corrected chi connectivity index (χ1v) is 9.67. The van der Waals surface area contributed by atoms with E-state index in [1.54, 1.807) is 13.8 Å². The molecule has 10 heteroatoms. The molecule has 0 aliphatic heterocycles. The van der Waals surface area contributed by atoms with Crippen LogP contribution in [0, 0.1) is 0 Å². The van der Waals surface area contributed by atoms with Crippen molar-refractivity contribution in [2.24, 2.45) is 0 Å². The summed E-state index contributed by atoms with van der Waals surface area (Å²) in [5.41, 5.74) is -0.280. The van der Waals surface area contributed by atoms with Crippen molar-refractivity contribution < 1.29 is 36.0 Å². The Bertz CT molecular complexity index is 735. The van der Waals surface area contributed by atoms with E-state index >= 15 is 0 Å². The van der Waals surface area contributed by atoms with Crippen molar-refractivity contribution in [1.29, 1.82) is 0 Å². The third-order valence-corrected chi connectivity index (χ3v) is 6.91. The molecule has 0 aliphatic rings. The van der Waals surface area contributed by atoms with Crippen LogP contribution < -0.4 is 0 Å². The first kappa shape index (κ1) is 22.6. The summed E-state index contributed by atoms with van der Waals surface area (Å²) >= 11 is 0. The van der Waals surface area contributed by atoms with Gasteiger partial charge in [0, 0.05) is 17.9 Å². The van der Waals surface area contributed by atoms with E-state index in [9.17, 15) is 31.5 Å². The van der Waals surface area contributed by atoms with Gasteiger partial charge >= 0.3 is 6.18 Å². The maximum Gasteiger partial charge on any atom is 0.389 e. The summed E-state index contributed by atoms with van der Waals surface area (Å²) in [4.78, 5) is 12.4. The lowest BCUT2D eigenvalue weighted by molar-refractivity contribution is -0.134. The van der Waals surface area contributed by atoms with Crippen molar-refractivity contribution in [3.8, 4) is 0 Å². The lowest BCUT2D eigenvalue weighted by Gasteiger charge is -2.23. The minimum absolute atomic E-state index is 0.130. The van der Waals surface area contributed by atoms with Gasteiger partial charge in [0.05, 0.1) is 24.5 Å². The van der Waals surface area contributed by atoms with Gasteiger partial charge < -0.3 is 9.63 Å². The molecule has 1 aromatic heterocycles. The fourth-order valence-corrected chi connectivity index (χ4v) is 3.51. The van der Waals surface area contributed by atoms with Gasteiger partial charge in [-0.15, -0.1) is 0 Å². The van der Waals surface area contributed by atoms with Gasteiger partial charge in [-0.3, -0.25) is 4.79 Å². The monoisotopic (exact) mass is 399 g/mol. The minimum Gasteiger partial charge on any atom is -0.395 e. The predicted octanol–water partition coefficient (Wildman–Crippen LogP) is 2.59. The second kappa shape index (κ2) is 7.67. The number of aliphatic hydroxyl groups is 1. The molecular formula is C16H24F3NO5S. The molecule has 1 heterocycles. The fraction of sp³-hybridized carbons (Fsp3) is 0.750. The van der Waals surface area contributed by atoms with Crippen molar-refractivity contribution in [2.75, 3.05) is 12.4 Å². The number of nitrogens with zero attached hydrogens (tertiary/aromatic N) is 1. The fourth-order valence-electron chi connectivity index (χ4n) is 2.06. The number of hydrogen-bond acceptors (Lipinski definition) is 6. The zero-order valence-electron chi connectivity index (χ0n) is 15.2. The summed E-state index contributed by atoms with van der Waals surface area (Å²) in [6, 6.07) is 1.46. The van der Waals surface area contributed by atoms with Crippen molar-refractivity contribution in [3.63, 3.8) is 0 Å². The molecule has 0 amide bonds. The van der Waals surface area contributed by atoms with E-state index in [-0.39, 0.29) is 18.8 Å². The molecule has 0 spiro atoms. The highest BCUT2D eigenvalue weighted by Crippen LogP contribution is 2.27. The molecule has 0 bridgehead atoms. The maximum absolute atomic E-state index is 12.4. The Morgan fingerprint density at radius 3 is 2.31 bits per heavy atom. The Hall–Kier alpha value is -1.42. The molecule has 1 aromatic rings. The maximum atomic E-state index is 12.4. The molecule has 0 saturated carbocycles. The van der Waals surface area contributed by atoms with Crippen molar-refractivity contribution >= 4 is 15.6 Å². The van der Waals surface area contributed by atoms with Crippen LogP contribution in [0.2, 0.25) is 0 Å². The third kappa shape index (κ3) is 5.54. The van der Waals surface area contributed by atoms with Crippen LogP contribution in [0.4, 0.5) is 13.2 Å². The number of halogens is 3. The van der Waals surface area contributed by atoms with Crippen LogP contribution in [-0.4, -0.2) is 47.7 Å². The van der Waals surface area contributed by atoms with Gasteiger partial charge in [0.15, 0.2) is 15.6 Å². The Labute approximate surface area is 150 Å². The van der Waals surface area contributed by atoms with E-state index in [2.05, 4.69) is 5.16 Å². The molecule has 1 N–H and O–H groups in total. The first-order valence-electron chi connectivity index (χ1n) is 8.02. The molecule has 26 heavy (non-hydrogen) atoms. The molecule has 0 aromatic carbocycles. The smallest absolute Gasteiger partial charge is 0.389 e. The van der Waals surface area contributed by atoms with Gasteiger partial charge in [0.1, 0.15) is 10.5 Å². The van der Waals surface area contributed by atoms with Gasteiger partial charge in [-0.25, -0.2) is 8.42 Å². The van der Waals surface area contributed by atoms with Gasteiger partial charge in [-0.05, 0) is 20.3 Å². The van der Waals surface area contributed by atoms with E-state index in [1.807, 2.05) is 0 Å². The normalized spacial score (nSPS) is 13.8. The zero-order valence-corrected chi connectivity index (χ0v) is 16.0. The van der Waals surface area contributed by atoms with Gasteiger partial charge in [0.25, 0.3) is 0 Å². The highest BCUT2D eigenvalue weighted by atomic mass is 32.2. The van der Waals surface area contributed by atoms with Gasteiger partial charge in [-0.2, -0.15) is 13.2 Å². The average molecular weight is 399 g/mol. The van der Waals surface area contributed by atoms with Crippen LogP contribution >= 0.6 is 0 Å². The number of hydrogen-bond donors (Lipinski definition) is 1. The number of carbonyl (C=O) groups is 1. The second-order valence-corrected chi connectivity index (χ2v) is 10.0. The Morgan fingerprint density at radius 1 is 1.23 bits per heavy atom. The summed E-state index contributed by atoms with van der Waals surface area (Å²) in [5.74, 6) is -1.30. The summed E-state index contributed by atoms with van der Waals surface area (Å²) in [5, 5.41) is 13.1. The van der Waals surface area contributed by atoms with Crippen LogP contribution in [0.15, 0.2) is 10.6 Å². The summed E-state index contributed by atoms with van der Waals surface area (Å²) in [7, 11) is -4.08. The molecule has 0 atom stereocenters. The number of aliphatic hydroxyl groups excluding tert-OH is 1. The van der Waals surface area contributed by atoms with Gasteiger partial charge in [0.2, 0.25) is 0 Å². The number of Topliss-reactive ketones (excluding diaryl/α,β-unsaturated/α-hetero) is 1. The summed E-state index contributed by atoms with van der Waals surface area (Å²) in [6.07, 6.45) is -6.63. The summed E-state index contributed by atoms with van der Waals surface area (Å²) < 4.78 is 64.4. The number of alkyl halides is 3. The molecule has 0 unspecified atom stereocenters. The van der Waals surface area contributed by atoms with Gasteiger partial charge in [-0.1, -0.05) is 19.0 Å². The molecule has 6 nitrogen and oxygen atoms in total. The number of aromatic nitrogens is 1. The van der Waals surface area contributed by atoms with Crippen LogP contribution in [0.1, 0.15) is 52.0 Å². The molecule has 1 rings (SSSR count). The Morgan fingerprint density at radius 2 is 1.81 bits per heavy atom. The van der Waals surface area contributed by atoms with E-state index in [0.29, 0.717) is 5.69 Å². The molecule has 0 saturated heterocycles. The number of carbonyl (C=O) groups excluding carboxylic acids is 1. The molecule has 0 radical (unpaired) electrons. The van der Waals surface area contributed by atoms with Crippen LogP contribution in [0.5, 0.6) is 0 Å². The molecular weight excluding hydrogens is 375 g/mol. The predicted molar refractivity (Wildman–Crippen MR) is 88.5 cm³/mol. The lowest BCUT2D eigenvalue weighted by Crippen LogP contribution is -2.43. The lowest BCUT2D eigenvalue weighted by atomic mass is 9.90. The number of sulfone groups is 1. The van der Waals surface area contributed by atoms with Crippen molar-refractivity contribution in [1.82, 2.24) is 5.16 Å². The number of rotatable bonds is 9. The molecule has 150 valence electrons. The highest BCUT2D eigenvalue weighted by Gasteiger charge is 2.42. The van der Waals surface area contributed by atoms with Crippen LogP contribution in [0.25, 0.3) is 0 Å². The molecule has 0 aliphatic carbocycles. The third-order valence-electron chi connectivity index (χ3n) is 4.30. The van der Waals surface area contributed by atoms with Crippen molar-refractivity contribution in [3.05, 3.63) is 17.5 Å². The van der Waals surface area contributed by atoms with E-state index < -0.39 is 50.6 Å². The topological polar surface area (TPSA) is 97.5 Å². The second-order valence-electron chi connectivity index (χ2n) is 7.37. The summed E-state index contributed by atoms with van der Waals surface area (Å²) in [6.45, 7) is 5.57. The largest absolute Gasteiger partial charge is 0.395 e. The molecule has 0 fully saturated rings. The van der Waals surface area contributed by atoms with E-state index in [1.165, 1.54) is 19.9 Å². The highest BCUT2D eigenvalue weighted by molar-refractivity contribution is 7.93. The first-order chi connectivity index (χ1) is 11.6. The van der Waals surface area contributed by atoms with E-state index in [0.717, 1.165) is 0 Å². The SMILES string of the molecule is CC(C)(CO)c1cc(CC(=O)C(C)(C)S(=O)(=O)CCCC(F)(F)F)on1. The van der Waals surface area contributed by atoms with Crippen molar-refractivity contribution in [2.45, 2.75) is 63.3 Å². The van der Waals surface area contributed by atoms with E-state index in [4.69, 9.17) is 4.52 Å². The zero-order chi connectivity index (χ0) is 20.4. The standard InChI is InChI=1S/C16H24F3NO5S/c1-14(2,10-21)12-8-11(25-20-12)9-13(22)15(3,4)26(23,24)7-5-6-16(17,18)19/h8,21H,5-7,9-10H2,1-4H3. The Kier molecular flexibility index (Phi) is 6.68. The quantitative estimate of drug-likeness (QED) is 0.686. The minimum atomic E-state index is -4.45. The average Bonchev–Trinajstić information content (AvgIpc) is 2.94.